The Balaban J connectivity index is 2.74. The fourth-order valence-electron chi connectivity index (χ4n) is 1.13. The highest BCUT2D eigenvalue weighted by Crippen LogP contribution is 2.18. The fourth-order valence-corrected chi connectivity index (χ4v) is 1.97. The molecule has 82 valence electrons. The molecule has 0 heterocycles. The number of benzene rings is 1. The fraction of sp³-hybridized carbons (Fsp3) is 0.364. The summed E-state index contributed by atoms with van der Waals surface area (Å²) in [7, 11) is 0. The molecule has 0 fully saturated rings. The highest BCUT2D eigenvalue weighted by Gasteiger charge is 2.09. The Bertz CT molecular complexity index is 364. The number of alkyl halides is 1. The first-order chi connectivity index (χ1) is 7.00. The summed E-state index contributed by atoms with van der Waals surface area (Å²) in [6, 6.07) is 5.69. The topological polar surface area (TPSA) is 29.1 Å². The molecule has 0 aromatic heterocycles. The monoisotopic (exact) mass is 333 g/mol. The summed E-state index contributed by atoms with van der Waals surface area (Å²) in [5.74, 6) is -0.0480. The maximum Gasteiger partial charge on any atom is 0.252 e. The van der Waals surface area contributed by atoms with E-state index < -0.39 is 0 Å². The van der Waals surface area contributed by atoms with Gasteiger partial charge in [0.25, 0.3) is 5.91 Å². The number of halogens is 2. The molecule has 0 aliphatic carbocycles. The Hall–Kier alpha value is -0.350. The van der Waals surface area contributed by atoms with E-state index in [0.717, 1.165) is 10.0 Å². The van der Waals surface area contributed by atoms with Crippen LogP contribution in [0.4, 0.5) is 0 Å². The van der Waals surface area contributed by atoms with Crippen LogP contribution in [0, 0.1) is 6.92 Å². The van der Waals surface area contributed by atoms with Crippen LogP contribution in [-0.4, -0.2) is 17.3 Å². The zero-order chi connectivity index (χ0) is 11.4. The number of aryl methyl sites for hydroxylation is 1. The van der Waals surface area contributed by atoms with Crippen molar-refractivity contribution in [1.29, 1.82) is 0 Å². The van der Waals surface area contributed by atoms with Crippen molar-refractivity contribution >= 4 is 37.8 Å². The van der Waals surface area contributed by atoms with Crippen molar-refractivity contribution in [2.75, 3.05) is 6.54 Å². The number of rotatable bonds is 3. The number of amides is 1. The number of carbonyl (C=O) groups excluding carboxylic acids is 1. The number of hydrogen-bond donors (Lipinski definition) is 1. The van der Waals surface area contributed by atoms with Crippen molar-refractivity contribution in [3.8, 4) is 0 Å². The van der Waals surface area contributed by atoms with Crippen molar-refractivity contribution in [1.82, 2.24) is 5.32 Å². The molecule has 1 atom stereocenters. The van der Waals surface area contributed by atoms with E-state index >= 15 is 0 Å². The van der Waals surface area contributed by atoms with Crippen molar-refractivity contribution < 1.29 is 4.79 Å². The van der Waals surface area contributed by atoms with Crippen LogP contribution in [0.5, 0.6) is 0 Å². The second kappa shape index (κ2) is 5.66. The van der Waals surface area contributed by atoms with Gasteiger partial charge in [0.15, 0.2) is 0 Å². The van der Waals surface area contributed by atoms with Gasteiger partial charge in [-0.05, 0) is 40.5 Å². The zero-order valence-corrected chi connectivity index (χ0v) is 11.9. The molecule has 0 aliphatic heterocycles. The largest absolute Gasteiger partial charge is 0.351 e. The zero-order valence-electron chi connectivity index (χ0n) is 8.68. The summed E-state index contributed by atoms with van der Waals surface area (Å²) in [5, 5.41) is 2.84. The molecule has 0 spiro atoms. The van der Waals surface area contributed by atoms with Crippen molar-refractivity contribution in [3.63, 3.8) is 0 Å². The second-order valence-electron chi connectivity index (χ2n) is 3.47. The molecule has 1 rings (SSSR count). The van der Waals surface area contributed by atoms with E-state index in [2.05, 4.69) is 37.2 Å². The Morgan fingerprint density at radius 3 is 2.73 bits per heavy atom. The van der Waals surface area contributed by atoms with E-state index in [1.807, 2.05) is 32.0 Å². The first-order valence-electron chi connectivity index (χ1n) is 4.69. The first kappa shape index (κ1) is 12.7. The van der Waals surface area contributed by atoms with Crippen LogP contribution in [0.3, 0.4) is 0 Å². The average Bonchev–Trinajstić information content (AvgIpc) is 2.14. The quantitative estimate of drug-likeness (QED) is 0.844. The van der Waals surface area contributed by atoms with E-state index in [1.165, 1.54) is 0 Å². The van der Waals surface area contributed by atoms with Crippen molar-refractivity contribution in [2.45, 2.75) is 18.7 Å². The predicted octanol–water partition coefficient (Wildman–Crippen LogP) is 3.27. The van der Waals surface area contributed by atoms with Crippen LogP contribution in [0.2, 0.25) is 0 Å². The molecule has 4 heteroatoms. The summed E-state index contributed by atoms with van der Waals surface area (Å²) >= 11 is 6.76. The minimum atomic E-state index is -0.0480. The summed E-state index contributed by atoms with van der Waals surface area (Å²) in [6.45, 7) is 4.61. The van der Waals surface area contributed by atoms with Gasteiger partial charge in [0.05, 0.1) is 5.56 Å². The lowest BCUT2D eigenvalue weighted by molar-refractivity contribution is 0.0953. The van der Waals surface area contributed by atoms with E-state index in [1.54, 1.807) is 0 Å². The Kier molecular flexibility index (Phi) is 4.80. The molecule has 15 heavy (non-hydrogen) atoms. The third kappa shape index (κ3) is 3.95. The van der Waals surface area contributed by atoms with Crippen LogP contribution < -0.4 is 5.32 Å². The molecule has 2 nitrogen and oxygen atoms in total. The molecule has 0 bridgehead atoms. The van der Waals surface area contributed by atoms with Gasteiger partial charge in [-0.3, -0.25) is 4.79 Å². The molecule has 1 aromatic carbocycles. The highest BCUT2D eigenvalue weighted by atomic mass is 79.9. The average molecular weight is 335 g/mol. The molecule has 0 saturated heterocycles. The van der Waals surface area contributed by atoms with Crippen LogP contribution in [0.25, 0.3) is 0 Å². The standard InChI is InChI=1S/C11H13Br2NO/c1-7-3-4-9(10(13)5-7)11(15)14-6-8(2)12/h3-5,8H,6H2,1-2H3,(H,14,15). The molecular formula is C11H13Br2NO. The Morgan fingerprint density at radius 2 is 2.20 bits per heavy atom. The summed E-state index contributed by atoms with van der Waals surface area (Å²) < 4.78 is 0.835. The predicted molar refractivity (Wildman–Crippen MR) is 69.6 cm³/mol. The summed E-state index contributed by atoms with van der Waals surface area (Å²) in [4.78, 5) is 12.0. The number of hydrogen-bond acceptors (Lipinski definition) is 1. The second-order valence-corrected chi connectivity index (χ2v) is 5.89. The highest BCUT2D eigenvalue weighted by molar-refractivity contribution is 9.10. The third-order valence-electron chi connectivity index (χ3n) is 1.91. The third-order valence-corrected chi connectivity index (χ3v) is 2.89. The van der Waals surface area contributed by atoms with Crippen molar-refractivity contribution in [3.05, 3.63) is 33.8 Å². The van der Waals surface area contributed by atoms with Crippen LogP contribution in [0.1, 0.15) is 22.8 Å². The van der Waals surface area contributed by atoms with Gasteiger partial charge in [0.1, 0.15) is 0 Å². The van der Waals surface area contributed by atoms with Gasteiger partial charge in [-0.2, -0.15) is 0 Å². The Morgan fingerprint density at radius 1 is 1.53 bits per heavy atom. The molecule has 0 aliphatic rings. The minimum Gasteiger partial charge on any atom is -0.351 e. The summed E-state index contributed by atoms with van der Waals surface area (Å²) in [6.07, 6.45) is 0. The molecule has 0 saturated carbocycles. The molecule has 1 amide bonds. The van der Waals surface area contributed by atoms with Gasteiger partial charge in [-0.25, -0.2) is 0 Å². The van der Waals surface area contributed by atoms with Gasteiger partial charge in [-0.1, -0.05) is 28.9 Å². The van der Waals surface area contributed by atoms with Crippen LogP contribution in [0.15, 0.2) is 22.7 Å². The van der Waals surface area contributed by atoms with E-state index in [-0.39, 0.29) is 10.7 Å². The minimum absolute atomic E-state index is 0.0480. The number of nitrogens with one attached hydrogen (secondary N) is 1. The molecule has 1 N–H and O–H groups in total. The van der Waals surface area contributed by atoms with Gasteiger partial charge >= 0.3 is 0 Å². The van der Waals surface area contributed by atoms with E-state index in [0.29, 0.717) is 12.1 Å². The molecular weight excluding hydrogens is 322 g/mol. The SMILES string of the molecule is Cc1ccc(C(=O)NCC(C)Br)c(Br)c1. The first-order valence-corrected chi connectivity index (χ1v) is 6.40. The van der Waals surface area contributed by atoms with Gasteiger partial charge in [0, 0.05) is 15.8 Å². The van der Waals surface area contributed by atoms with Gasteiger partial charge < -0.3 is 5.32 Å². The molecule has 0 radical (unpaired) electrons. The normalized spacial score (nSPS) is 12.3. The lowest BCUT2D eigenvalue weighted by atomic mass is 10.1. The van der Waals surface area contributed by atoms with Gasteiger partial charge in [-0.15, -0.1) is 0 Å². The maximum absolute atomic E-state index is 11.7. The van der Waals surface area contributed by atoms with E-state index in [9.17, 15) is 4.79 Å². The smallest absolute Gasteiger partial charge is 0.252 e. The van der Waals surface area contributed by atoms with Gasteiger partial charge in [0.2, 0.25) is 0 Å². The van der Waals surface area contributed by atoms with E-state index in [4.69, 9.17) is 0 Å². The Labute approximate surface area is 107 Å². The summed E-state index contributed by atoms with van der Waals surface area (Å²) in [5.41, 5.74) is 1.81. The lowest BCUT2D eigenvalue weighted by Gasteiger charge is -2.08. The molecule has 1 unspecified atom stereocenters. The van der Waals surface area contributed by atoms with Crippen LogP contribution >= 0.6 is 31.9 Å². The molecule has 1 aromatic rings. The lowest BCUT2D eigenvalue weighted by Crippen LogP contribution is -2.28. The number of carbonyl (C=O) groups is 1. The maximum atomic E-state index is 11.7. The van der Waals surface area contributed by atoms with Crippen LogP contribution in [-0.2, 0) is 0 Å². The van der Waals surface area contributed by atoms with Crippen molar-refractivity contribution in [2.24, 2.45) is 0 Å².